The average molecular weight is 429 g/mol. The highest BCUT2D eigenvalue weighted by molar-refractivity contribution is 6.40. The van der Waals surface area contributed by atoms with Crippen LogP contribution in [0.1, 0.15) is 16.1 Å². The fraction of sp³-hybridized carbons (Fsp3) is 0.188. The molecule has 26 heavy (non-hydrogen) atoms. The first-order valence-corrected chi connectivity index (χ1v) is 7.85. The Bertz CT molecular complexity index is 929. The van der Waals surface area contributed by atoms with Crippen molar-refractivity contribution in [3.63, 3.8) is 0 Å². The summed E-state index contributed by atoms with van der Waals surface area (Å²) in [6.07, 6.45) is 0.145. The molecule has 0 aliphatic carbocycles. The Kier molecular flexibility index (Phi) is 5.81. The lowest BCUT2D eigenvalue weighted by molar-refractivity contribution is -0.142. The summed E-state index contributed by atoms with van der Waals surface area (Å²) in [6.45, 7) is -0.368. The monoisotopic (exact) mass is 427 g/mol. The van der Waals surface area contributed by atoms with Crippen molar-refractivity contribution in [3.05, 3.63) is 44.4 Å². The van der Waals surface area contributed by atoms with Gasteiger partial charge in [-0.05, 0) is 12.1 Å². The topological polar surface area (TPSA) is 31.2 Å². The second-order valence-electron chi connectivity index (χ2n) is 4.98. The zero-order valence-electron chi connectivity index (χ0n) is 12.8. The number of aromatic nitrogens is 1. The number of esters is 1. The fourth-order valence-electron chi connectivity index (χ4n) is 2.25. The number of carbonyl (C=O) groups is 1. The molecule has 0 saturated carbocycles. The number of halogens is 7. The molecule has 138 valence electrons. The second-order valence-corrected chi connectivity index (χ2v) is 6.12. The molecule has 0 radical (unpaired) electrons. The van der Waals surface area contributed by atoms with E-state index in [1.807, 2.05) is 0 Å². The highest BCUT2D eigenvalue weighted by Gasteiger charge is 2.40. The van der Waals surface area contributed by atoms with Crippen molar-refractivity contribution in [1.29, 1.82) is 0 Å². The van der Waals surface area contributed by atoms with Crippen LogP contribution in [0.25, 0.3) is 11.1 Å². The summed E-state index contributed by atoms with van der Waals surface area (Å²) in [7, 11) is 1.02. The van der Waals surface area contributed by atoms with Crippen LogP contribution in [0.15, 0.2) is 12.1 Å². The van der Waals surface area contributed by atoms with E-state index in [4.69, 9.17) is 46.0 Å². The van der Waals surface area contributed by atoms with Gasteiger partial charge in [-0.1, -0.05) is 40.7 Å². The van der Waals surface area contributed by atoms with Crippen molar-refractivity contribution in [1.82, 2.24) is 4.57 Å². The highest BCUT2D eigenvalue weighted by Crippen LogP contribution is 2.46. The number of ether oxygens (including phenoxy) is 1. The number of hydrogen-bond acceptors (Lipinski definition) is 2. The zero-order chi connectivity index (χ0) is 19.8. The molecule has 0 amide bonds. The van der Waals surface area contributed by atoms with Crippen molar-refractivity contribution >= 4 is 40.8 Å². The first kappa shape index (κ1) is 20.4. The van der Waals surface area contributed by atoms with Gasteiger partial charge in [-0.3, -0.25) is 0 Å². The lowest BCUT2D eigenvalue weighted by atomic mass is 10.0. The van der Waals surface area contributed by atoms with Gasteiger partial charge in [-0.2, -0.15) is 13.2 Å². The summed E-state index contributed by atoms with van der Waals surface area (Å²) in [6, 6.07) is 1.65. The molecule has 0 unspecified atom stereocenters. The van der Waals surface area contributed by atoms with Gasteiger partial charge in [0.25, 0.3) is 0 Å². The van der Waals surface area contributed by atoms with E-state index in [0.29, 0.717) is 4.57 Å². The molecule has 1 aromatic heterocycles. The van der Waals surface area contributed by atoms with Crippen LogP contribution in [0.3, 0.4) is 0 Å². The third kappa shape index (κ3) is 3.63. The molecule has 0 atom stereocenters. The van der Waals surface area contributed by atoms with E-state index in [1.165, 1.54) is 0 Å². The van der Waals surface area contributed by atoms with Gasteiger partial charge in [0.1, 0.15) is 16.7 Å². The van der Waals surface area contributed by atoms with Crippen LogP contribution in [0, 0.1) is 18.2 Å². The van der Waals surface area contributed by atoms with Crippen LogP contribution in [0.4, 0.5) is 17.6 Å². The van der Waals surface area contributed by atoms with Gasteiger partial charge < -0.3 is 9.30 Å². The molecule has 2 aromatic rings. The van der Waals surface area contributed by atoms with Gasteiger partial charge in [-0.25, -0.2) is 9.18 Å². The molecule has 0 spiro atoms. The van der Waals surface area contributed by atoms with E-state index >= 15 is 0 Å². The Labute approximate surface area is 160 Å². The number of benzene rings is 1. The van der Waals surface area contributed by atoms with Gasteiger partial charge in [-0.15, -0.1) is 6.42 Å². The minimum Gasteiger partial charge on any atom is -0.449 e. The summed E-state index contributed by atoms with van der Waals surface area (Å²) in [5.74, 6) is 0.0604. The zero-order valence-corrected chi connectivity index (χ0v) is 15.1. The quantitative estimate of drug-likeness (QED) is 0.362. The maximum absolute atomic E-state index is 14.4. The Morgan fingerprint density at radius 3 is 2.42 bits per heavy atom. The minimum atomic E-state index is -4.83. The number of carbonyl (C=O) groups excluding carboxylic acids is 1. The van der Waals surface area contributed by atoms with Crippen molar-refractivity contribution in [2.24, 2.45) is 7.05 Å². The van der Waals surface area contributed by atoms with Gasteiger partial charge >= 0.3 is 12.1 Å². The highest BCUT2D eigenvalue weighted by atomic mass is 35.5. The number of hydrogen-bond donors (Lipinski definition) is 0. The summed E-state index contributed by atoms with van der Waals surface area (Å²) in [4.78, 5) is 11.9. The van der Waals surface area contributed by atoms with Crippen LogP contribution in [-0.4, -0.2) is 17.1 Å². The maximum Gasteiger partial charge on any atom is 0.432 e. The molecule has 10 heteroatoms. The molecule has 1 aromatic carbocycles. The summed E-state index contributed by atoms with van der Waals surface area (Å²) in [5.41, 5.74) is -2.43. The molecule has 3 nitrogen and oxygen atoms in total. The lowest BCUT2D eigenvalue weighted by Gasteiger charge is -2.09. The first-order valence-electron chi connectivity index (χ1n) is 6.71. The number of nitrogens with zero attached hydrogens (tertiary/aromatic N) is 1. The Balaban J connectivity index is 2.71. The smallest absolute Gasteiger partial charge is 0.432 e. The van der Waals surface area contributed by atoms with Crippen LogP contribution in [0.5, 0.6) is 0 Å². The van der Waals surface area contributed by atoms with Crippen LogP contribution < -0.4 is 0 Å². The minimum absolute atomic E-state index is 0.303. The van der Waals surface area contributed by atoms with Crippen LogP contribution in [0.2, 0.25) is 15.2 Å². The number of rotatable bonds is 3. The van der Waals surface area contributed by atoms with Gasteiger partial charge in [0.2, 0.25) is 0 Å². The lowest BCUT2D eigenvalue weighted by Crippen LogP contribution is -2.11. The molecule has 2 rings (SSSR count). The molecule has 0 bridgehead atoms. The number of terminal acetylenes is 1. The Morgan fingerprint density at radius 1 is 1.31 bits per heavy atom. The molecule has 0 fully saturated rings. The Morgan fingerprint density at radius 2 is 1.92 bits per heavy atom. The fourth-order valence-corrected chi connectivity index (χ4v) is 3.23. The first-order chi connectivity index (χ1) is 12.0. The van der Waals surface area contributed by atoms with E-state index in [-0.39, 0.29) is 17.2 Å². The van der Waals surface area contributed by atoms with Crippen molar-refractivity contribution in [2.45, 2.75) is 6.18 Å². The Hall–Kier alpha value is -1.88. The third-order valence-corrected chi connectivity index (χ3v) is 4.49. The number of alkyl halides is 3. The standard InChI is InChI=1S/C16H8Cl3F4NO2/c1-3-4-26-15(25)7-5-8(10(20)6-9(7)17)11-12(18)13(16(21,22)23)24(2)14(11)19/h1,5-6H,4H2,2H3. The summed E-state index contributed by atoms with van der Waals surface area (Å²) < 4.78 is 59.1. The van der Waals surface area contributed by atoms with E-state index in [2.05, 4.69) is 5.92 Å². The van der Waals surface area contributed by atoms with Crippen molar-refractivity contribution in [2.75, 3.05) is 6.61 Å². The summed E-state index contributed by atoms with van der Waals surface area (Å²) >= 11 is 17.5. The van der Waals surface area contributed by atoms with Gasteiger partial charge in [0, 0.05) is 18.2 Å². The average Bonchev–Trinajstić information content (AvgIpc) is 2.75. The normalized spacial score (nSPS) is 11.3. The predicted octanol–water partition coefficient (Wildman–Crippen LogP) is 5.60. The van der Waals surface area contributed by atoms with E-state index in [1.54, 1.807) is 0 Å². The predicted molar refractivity (Wildman–Crippen MR) is 90.0 cm³/mol. The van der Waals surface area contributed by atoms with Crippen LogP contribution >= 0.6 is 34.8 Å². The third-order valence-electron chi connectivity index (χ3n) is 3.36. The molecule has 0 aliphatic heterocycles. The molecule has 0 aliphatic rings. The van der Waals surface area contributed by atoms with Crippen molar-refractivity contribution < 1.29 is 27.1 Å². The van der Waals surface area contributed by atoms with Crippen molar-refractivity contribution in [3.8, 4) is 23.5 Å². The van der Waals surface area contributed by atoms with E-state index in [0.717, 1.165) is 19.2 Å². The molecular weight excluding hydrogens is 421 g/mol. The largest absolute Gasteiger partial charge is 0.449 e. The van der Waals surface area contributed by atoms with Gasteiger partial charge in [0.15, 0.2) is 6.61 Å². The maximum atomic E-state index is 14.4. The van der Waals surface area contributed by atoms with Gasteiger partial charge in [0.05, 0.1) is 15.6 Å². The van der Waals surface area contributed by atoms with Crippen LogP contribution in [-0.2, 0) is 18.0 Å². The van der Waals surface area contributed by atoms with E-state index in [9.17, 15) is 22.4 Å². The second kappa shape index (κ2) is 7.39. The SMILES string of the molecule is C#CCOC(=O)c1cc(-c2c(Cl)c(C(F)(F)F)n(C)c2Cl)c(F)cc1Cl. The molecule has 0 saturated heterocycles. The van der Waals surface area contributed by atoms with E-state index < -0.39 is 45.0 Å². The molecular formula is C16H8Cl3F4NO2. The molecule has 0 N–H and O–H groups in total. The molecule has 1 heterocycles. The summed E-state index contributed by atoms with van der Waals surface area (Å²) in [5, 5.41) is -1.59.